The number of benzene rings is 2. The third-order valence-corrected chi connectivity index (χ3v) is 4.99. The molecule has 1 atom stereocenters. The summed E-state index contributed by atoms with van der Waals surface area (Å²) in [5, 5.41) is 10.7. The van der Waals surface area contributed by atoms with E-state index in [1.54, 1.807) is 29.2 Å². The van der Waals surface area contributed by atoms with Crippen molar-refractivity contribution in [2.45, 2.75) is 31.0 Å². The highest BCUT2D eigenvalue weighted by atomic mass is 19.1. The van der Waals surface area contributed by atoms with Gasteiger partial charge < -0.3 is 15.7 Å². The Morgan fingerprint density at radius 1 is 1.20 bits per heavy atom. The van der Waals surface area contributed by atoms with E-state index in [-0.39, 0.29) is 18.3 Å². The summed E-state index contributed by atoms with van der Waals surface area (Å²) in [6, 6.07) is 10.0. The molecular weight excluding hydrogens is 323 g/mol. The molecule has 0 unspecified atom stereocenters. The Morgan fingerprint density at radius 2 is 1.88 bits per heavy atom. The van der Waals surface area contributed by atoms with Crippen molar-refractivity contribution in [1.29, 1.82) is 0 Å². The van der Waals surface area contributed by atoms with Gasteiger partial charge in [0.05, 0.1) is 11.6 Å². The van der Waals surface area contributed by atoms with Gasteiger partial charge in [0.15, 0.2) is 0 Å². The summed E-state index contributed by atoms with van der Waals surface area (Å²) in [7, 11) is 0. The Labute approximate surface area is 143 Å². The lowest BCUT2D eigenvalue weighted by molar-refractivity contribution is 0.0244. The van der Waals surface area contributed by atoms with Gasteiger partial charge in [-0.05, 0) is 54.3 Å². The molecule has 2 aliphatic rings. The molecule has 25 heavy (non-hydrogen) atoms. The molecule has 0 aromatic heterocycles. The number of carbonyl (C=O) groups is 2. The lowest BCUT2D eigenvalue weighted by atomic mass is 9.97. The summed E-state index contributed by atoms with van der Waals surface area (Å²) < 4.78 is 13.3. The highest BCUT2D eigenvalue weighted by Crippen LogP contribution is 2.50. The van der Waals surface area contributed by atoms with Crippen LogP contribution in [0.25, 0.3) is 0 Å². The molecular formula is C19H17FN2O3. The number of halogens is 1. The van der Waals surface area contributed by atoms with Crippen LogP contribution in [0.1, 0.15) is 50.7 Å². The Morgan fingerprint density at radius 3 is 2.48 bits per heavy atom. The van der Waals surface area contributed by atoms with Crippen molar-refractivity contribution in [1.82, 2.24) is 4.90 Å². The molecule has 2 amide bonds. The molecule has 1 fully saturated rings. The van der Waals surface area contributed by atoms with Gasteiger partial charge in [-0.3, -0.25) is 9.59 Å². The van der Waals surface area contributed by atoms with Crippen LogP contribution in [0.15, 0.2) is 42.5 Å². The first kappa shape index (κ1) is 15.8. The van der Waals surface area contributed by atoms with Crippen LogP contribution in [-0.2, 0) is 6.54 Å². The summed E-state index contributed by atoms with van der Waals surface area (Å²) in [5.74, 6) is -1.13. The normalized spacial score (nSPS) is 18.8. The zero-order chi connectivity index (χ0) is 17.8. The van der Waals surface area contributed by atoms with E-state index in [4.69, 9.17) is 5.73 Å². The van der Waals surface area contributed by atoms with Crippen LogP contribution < -0.4 is 5.73 Å². The topological polar surface area (TPSA) is 83.6 Å². The Balaban J connectivity index is 1.73. The number of amides is 2. The summed E-state index contributed by atoms with van der Waals surface area (Å²) in [6.45, 7) is 0.277. The van der Waals surface area contributed by atoms with Crippen LogP contribution in [0.5, 0.6) is 0 Å². The number of primary amides is 1. The number of fused-ring (bicyclic) bond motifs is 1. The minimum atomic E-state index is -0.998. The van der Waals surface area contributed by atoms with Crippen molar-refractivity contribution >= 4 is 11.8 Å². The third-order valence-electron chi connectivity index (χ3n) is 4.99. The first-order valence-electron chi connectivity index (χ1n) is 8.10. The summed E-state index contributed by atoms with van der Waals surface area (Å²) >= 11 is 0. The molecule has 5 nitrogen and oxygen atoms in total. The maximum absolute atomic E-state index is 13.3. The van der Waals surface area contributed by atoms with E-state index in [9.17, 15) is 19.1 Å². The molecule has 4 rings (SSSR count). The zero-order valence-electron chi connectivity index (χ0n) is 13.4. The number of rotatable bonds is 4. The van der Waals surface area contributed by atoms with Gasteiger partial charge in [0, 0.05) is 17.7 Å². The molecule has 1 heterocycles. The number of carbonyl (C=O) groups excluding carboxylic acids is 2. The maximum Gasteiger partial charge on any atom is 0.255 e. The third kappa shape index (κ3) is 2.59. The molecule has 128 valence electrons. The molecule has 0 saturated heterocycles. The molecule has 0 bridgehead atoms. The van der Waals surface area contributed by atoms with Crippen LogP contribution in [-0.4, -0.2) is 27.4 Å². The number of nitrogens with zero attached hydrogens (tertiary/aromatic N) is 1. The smallest absolute Gasteiger partial charge is 0.255 e. The summed E-state index contributed by atoms with van der Waals surface area (Å²) in [6.07, 6.45) is 1.17. The van der Waals surface area contributed by atoms with Gasteiger partial charge in [-0.1, -0.05) is 12.1 Å². The maximum atomic E-state index is 13.3. The second kappa shape index (κ2) is 5.39. The average molecular weight is 340 g/mol. The lowest BCUT2D eigenvalue weighted by Crippen LogP contribution is -2.38. The Bertz CT molecular complexity index is 875. The molecule has 0 spiro atoms. The Kier molecular flexibility index (Phi) is 3.40. The van der Waals surface area contributed by atoms with Gasteiger partial charge in [0.25, 0.3) is 5.91 Å². The van der Waals surface area contributed by atoms with Gasteiger partial charge in [-0.15, -0.1) is 0 Å². The first-order chi connectivity index (χ1) is 11.9. The fraction of sp³-hybridized carbons (Fsp3) is 0.263. The monoisotopic (exact) mass is 340 g/mol. The van der Waals surface area contributed by atoms with E-state index >= 15 is 0 Å². The average Bonchev–Trinajstić information content (AvgIpc) is 3.24. The fourth-order valence-corrected chi connectivity index (χ4v) is 3.53. The SMILES string of the molecule is NC(=O)c1ccc2c(c1)CN([C@H](c1ccc(F)cc1)C1(O)CC1)C2=O. The van der Waals surface area contributed by atoms with Crippen LogP contribution >= 0.6 is 0 Å². The minimum Gasteiger partial charge on any atom is -0.387 e. The second-order valence-electron chi connectivity index (χ2n) is 6.73. The van der Waals surface area contributed by atoms with Crippen molar-refractivity contribution in [2.75, 3.05) is 0 Å². The first-order valence-corrected chi connectivity index (χ1v) is 8.10. The van der Waals surface area contributed by atoms with Gasteiger partial charge >= 0.3 is 0 Å². The van der Waals surface area contributed by atoms with Crippen LogP contribution in [0.4, 0.5) is 4.39 Å². The van der Waals surface area contributed by atoms with Crippen molar-refractivity contribution in [2.24, 2.45) is 5.73 Å². The van der Waals surface area contributed by atoms with E-state index in [0.29, 0.717) is 35.1 Å². The van der Waals surface area contributed by atoms with Crippen molar-refractivity contribution in [3.8, 4) is 0 Å². The number of hydrogen-bond donors (Lipinski definition) is 2. The predicted octanol–water partition coefficient (Wildman–Crippen LogP) is 2.15. The molecule has 3 N–H and O–H groups in total. The van der Waals surface area contributed by atoms with Crippen LogP contribution in [0.3, 0.4) is 0 Å². The summed E-state index contributed by atoms with van der Waals surface area (Å²) in [4.78, 5) is 25.8. The number of nitrogens with two attached hydrogens (primary N) is 1. The van der Waals surface area contributed by atoms with Crippen LogP contribution in [0.2, 0.25) is 0 Å². The Hall–Kier alpha value is -2.73. The van der Waals surface area contributed by atoms with Crippen molar-refractivity contribution in [3.05, 3.63) is 70.5 Å². The van der Waals surface area contributed by atoms with E-state index in [1.807, 2.05) is 0 Å². The predicted molar refractivity (Wildman–Crippen MR) is 88.2 cm³/mol. The molecule has 0 radical (unpaired) electrons. The molecule has 1 aliphatic heterocycles. The van der Waals surface area contributed by atoms with Crippen molar-refractivity contribution in [3.63, 3.8) is 0 Å². The standard InChI is InChI=1S/C19H17FN2O3/c20-14-4-1-11(2-5-14)16(19(25)7-8-19)22-10-13-9-12(17(21)23)3-6-15(13)18(22)24/h1-6,9,16,25H,7-8,10H2,(H2,21,23)/t16-/m1/s1. The van der Waals surface area contributed by atoms with Gasteiger partial charge in [0.1, 0.15) is 5.82 Å². The molecule has 1 saturated carbocycles. The number of aliphatic hydroxyl groups is 1. The van der Waals surface area contributed by atoms with Crippen LogP contribution in [0, 0.1) is 5.82 Å². The zero-order valence-corrected chi connectivity index (χ0v) is 13.4. The molecule has 2 aromatic rings. The highest BCUT2D eigenvalue weighted by molar-refractivity contribution is 6.01. The van der Waals surface area contributed by atoms with Gasteiger partial charge in [0.2, 0.25) is 5.91 Å². The van der Waals surface area contributed by atoms with E-state index < -0.39 is 17.6 Å². The van der Waals surface area contributed by atoms with Gasteiger partial charge in [-0.2, -0.15) is 0 Å². The fourth-order valence-electron chi connectivity index (χ4n) is 3.53. The second-order valence-corrected chi connectivity index (χ2v) is 6.73. The summed E-state index contributed by atoms with van der Waals surface area (Å²) in [5.41, 5.74) is 6.55. The molecule has 2 aromatic carbocycles. The van der Waals surface area contributed by atoms with E-state index in [2.05, 4.69) is 0 Å². The highest BCUT2D eigenvalue weighted by Gasteiger charge is 2.53. The van der Waals surface area contributed by atoms with E-state index in [1.165, 1.54) is 18.2 Å². The quantitative estimate of drug-likeness (QED) is 0.894. The molecule has 1 aliphatic carbocycles. The molecule has 6 heteroatoms. The largest absolute Gasteiger partial charge is 0.387 e. The van der Waals surface area contributed by atoms with Gasteiger partial charge in [-0.25, -0.2) is 4.39 Å². The number of hydrogen-bond acceptors (Lipinski definition) is 3. The van der Waals surface area contributed by atoms with Crippen molar-refractivity contribution < 1.29 is 19.1 Å². The van der Waals surface area contributed by atoms with E-state index in [0.717, 1.165) is 0 Å². The minimum absolute atomic E-state index is 0.208. The lowest BCUT2D eigenvalue weighted by Gasteiger charge is -2.32.